The SMILES string of the molecule is CCCCCCCCCC(CCCCCCCCC)C(=O)OCC1(COC(=O)C(CCCCCCCCC)CCCCCCCCC)COC2(CCN(C)CC2)OC1. The Labute approximate surface area is 360 Å². The van der Waals surface area contributed by atoms with Crippen LogP contribution in [0.1, 0.15) is 246 Å². The van der Waals surface area contributed by atoms with Gasteiger partial charge in [-0.3, -0.25) is 9.59 Å². The largest absolute Gasteiger partial charge is 0.465 e. The molecule has 7 nitrogen and oxygen atoms in total. The average molecular weight is 820 g/mol. The third kappa shape index (κ3) is 24.3. The molecule has 0 amide bonds. The summed E-state index contributed by atoms with van der Waals surface area (Å²) in [6, 6.07) is 0. The van der Waals surface area contributed by atoms with Crippen LogP contribution in [0.15, 0.2) is 0 Å². The maximum absolute atomic E-state index is 14.0. The Morgan fingerprint density at radius 2 is 0.741 bits per heavy atom. The van der Waals surface area contributed by atoms with Gasteiger partial charge in [0.05, 0.1) is 30.5 Å². The van der Waals surface area contributed by atoms with E-state index in [9.17, 15) is 9.59 Å². The molecule has 0 aliphatic carbocycles. The van der Waals surface area contributed by atoms with Gasteiger partial charge in [-0.15, -0.1) is 0 Å². The summed E-state index contributed by atoms with van der Waals surface area (Å²) in [7, 11) is 2.14. The summed E-state index contributed by atoms with van der Waals surface area (Å²) < 4.78 is 25.8. The van der Waals surface area contributed by atoms with Gasteiger partial charge in [-0.05, 0) is 32.7 Å². The van der Waals surface area contributed by atoms with E-state index in [1.165, 1.54) is 154 Å². The minimum absolute atomic E-state index is 0.0788. The zero-order valence-corrected chi connectivity index (χ0v) is 39.3. The van der Waals surface area contributed by atoms with Crippen molar-refractivity contribution in [1.82, 2.24) is 4.90 Å². The van der Waals surface area contributed by atoms with E-state index in [2.05, 4.69) is 39.6 Å². The highest BCUT2D eigenvalue weighted by Crippen LogP contribution is 2.38. The Morgan fingerprint density at radius 3 is 1.03 bits per heavy atom. The first-order chi connectivity index (χ1) is 28.3. The van der Waals surface area contributed by atoms with Gasteiger partial charge in [-0.1, -0.05) is 207 Å². The van der Waals surface area contributed by atoms with E-state index in [4.69, 9.17) is 18.9 Å². The number of rotatable bonds is 38. The van der Waals surface area contributed by atoms with Crippen LogP contribution in [0.5, 0.6) is 0 Å². The zero-order chi connectivity index (χ0) is 42.0. The first-order valence-electron chi connectivity index (χ1n) is 25.6. The smallest absolute Gasteiger partial charge is 0.308 e. The number of esters is 2. The average Bonchev–Trinajstić information content (AvgIpc) is 3.24. The number of hydrogen-bond acceptors (Lipinski definition) is 7. The van der Waals surface area contributed by atoms with Gasteiger partial charge in [-0.25, -0.2) is 0 Å². The summed E-state index contributed by atoms with van der Waals surface area (Å²) in [5, 5.41) is 0. The Balaban J connectivity index is 2.08. The second kappa shape index (κ2) is 34.4. The molecule has 0 atom stereocenters. The minimum atomic E-state index is -0.702. The fourth-order valence-electron chi connectivity index (χ4n) is 8.94. The zero-order valence-electron chi connectivity index (χ0n) is 39.3. The number of hydrogen-bond donors (Lipinski definition) is 0. The van der Waals surface area contributed by atoms with Crippen LogP contribution in [0.3, 0.4) is 0 Å². The predicted octanol–water partition coefficient (Wildman–Crippen LogP) is 14.3. The monoisotopic (exact) mass is 820 g/mol. The van der Waals surface area contributed by atoms with Crippen molar-refractivity contribution in [3.05, 3.63) is 0 Å². The van der Waals surface area contributed by atoms with Gasteiger partial charge in [0.1, 0.15) is 13.2 Å². The first-order valence-corrected chi connectivity index (χ1v) is 25.6. The van der Waals surface area contributed by atoms with Crippen LogP contribution in [0.25, 0.3) is 0 Å². The van der Waals surface area contributed by atoms with Crippen molar-refractivity contribution in [1.29, 1.82) is 0 Å². The molecule has 2 saturated heterocycles. The van der Waals surface area contributed by atoms with Gasteiger partial charge in [0.2, 0.25) is 0 Å². The molecule has 2 rings (SSSR count). The van der Waals surface area contributed by atoms with Crippen molar-refractivity contribution >= 4 is 11.9 Å². The quantitative estimate of drug-likeness (QED) is 0.0454. The topological polar surface area (TPSA) is 74.3 Å². The predicted molar refractivity (Wildman–Crippen MR) is 243 cm³/mol. The van der Waals surface area contributed by atoms with Crippen LogP contribution in [0.4, 0.5) is 0 Å². The number of ether oxygens (including phenoxy) is 4. The molecule has 0 aromatic heterocycles. The maximum atomic E-state index is 14.0. The molecule has 0 radical (unpaired) electrons. The van der Waals surface area contributed by atoms with Crippen molar-refractivity contribution in [2.75, 3.05) is 46.6 Å². The third-order valence-electron chi connectivity index (χ3n) is 13.4. The molecule has 0 saturated carbocycles. The van der Waals surface area contributed by atoms with Gasteiger partial charge in [-0.2, -0.15) is 0 Å². The molecular formula is C51H97NO6. The van der Waals surface area contributed by atoms with Crippen LogP contribution in [0.2, 0.25) is 0 Å². The minimum Gasteiger partial charge on any atom is -0.465 e. The second-order valence-corrected chi connectivity index (χ2v) is 19.0. The molecule has 58 heavy (non-hydrogen) atoms. The molecule has 0 unspecified atom stereocenters. The number of unbranched alkanes of at least 4 members (excludes halogenated alkanes) is 24. The highest BCUT2D eigenvalue weighted by molar-refractivity contribution is 5.73. The van der Waals surface area contributed by atoms with E-state index in [0.29, 0.717) is 13.2 Å². The van der Waals surface area contributed by atoms with Crippen molar-refractivity contribution < 1.29 is 28.5 Å². The van der Waals surface area contributed by atoms with Crippen LogP contribution in [-0.4, -0.2) is 69.2 Å². The number of likely N-dealkylation sites (tertiary alicyclic amines) is 1. The molecule has 1 spiro atoms. The Hall–Kier alpha value is -1.18. The van der Waals surface area contributed by atoms with E-state index >= 15 is 0 Å². The highest BCUT2D eigenvalue weighted by Gasteiger charge is 2.48. The fraction of sp³-hybridized carbons (Fsp3) is 0.961. The molecule has 0 aromatic carbocycles. The Morgan fingerprint density at radius 1 is 0.466 bits per heavy atom. The normalized spacial score (nSPS) is 16.7. The van der Waals surface area contributed by atoms with Crippen molar-refractivity contribution in [3.8, 4) is 0 Å². The Bertz CT molecular complexity index is 876. The lowest BCUT2D eigenvalue weighted by Crippen LogP contribution is -2.57. The van der Waals surface area contributed by atoms with Crippen molar-refractivity contribution in [2.24, 2.45) is 17.3 Å². The lowest BCUT2D eigenvalue weighted by Gasteiger charge is -2.48. The van der Waals surface area contributed by atoms with Crippen molar-refractivity contribution in [2.45, 2.75) is 252 Å². The summed E-state index contributed by atoms with van der Waals surface area (Å²) in [5.74, 6) is -0.928. The molecule has 0 N–H and O–H groups in total. The van der Waals surface area contributed by atoms with Crippen LogP contribution < -0.4 is 0 Å². The maximum Gasteiger partial charge on any atom is 0.308 e. The van der Waals surface area contributed by atoms with E-state index in [0.717, 1.165) is 77.3 Å². The van der Waals surface area contributed by atoms with Crippen LogP contribution in [-0.2, 0) is 28.5 Å². The first kappa shape index (κ1) is 53.0. The molecule has 2 aliphatic heterocycles. The summed E-state index contributed by atoms with van der Waals surface area (Å²) in [4.78, 5) is 30.2. The number of piperidine rings is 1. The molecule has 2 fully saturated rings. The highest BCUT2D eigenvalue weighted by atomic mass is 16.7. The summed E-state index contributed by atoms with van der Waals surface area (Å²) in [6.07, 6.45) is 40.0. The molecular weight excluding hydrogens is 723 g/mol. The number of nitrogens with zero attached hydrogens (tertiary/aromatic N) is 1. The van der Waals surface area contributed by atoms with Crippen molar-refractivity contribution in [3.63, 3.8) is 0 Å². The second-order valence-electron chi connectivity index (χ2n) is 19.0. The van der Waals surface area contributed by atoms with Crippen LogP contribution in [0, 0.1) is 17.3 Å². The van der Waals surface area contributed by atoms with E-state index in [-0.39, 0.29) is 37.0 Å². The molecule has 0 aromatic rings. The number of carbonyl (C=O) groups is 2. The lowest BCUT2D eigenvalue weighted by atomic mass is 9.88. The van der Waals surface area contributed by atoms with E-state index in [1.54, 1.807) is 0 Å². The summed E-state index contributed by atoms with van der Waals surface area (Å²) >= 11 is 0. The van der Waals surface area contributed by atoms with Gasteiger partial charge >= 0.3 is 11.9 Å². The molecule has 2 heterocycles. The van der Waals surface area contributed by atoms with Gasteiger partial charge in [0.25, 0.3) is 0 Å². The molecule has 342 valence electrons. The summed E-state index contributed by atoms with van der Waals surface area (Å²) in [6.45, 7) is 12.0. The standard InChI is InChI=1S/C51H97NO6/c1-6-10-14-18-22-26-30-34-46(35-31-27-23-19-15-11-7-2)48(53)55-42-50(44-57-51(58-45-50)38-40-52(5)41-39-51)43-56-49(54)47(36-32-28-24-20-16-12-8-3)37-33-29-25-21-17-13-9-4/h46-47H,6-45H2,1-5H3. The van der Waals surface area contributed by atoms with E-state index < -0.39 is 11.2 Å². The summed E-state index contributed by atoms with van der Waals surface area (Å²) in [5.41, 5.74) is -0.702. The Kier molecular flexibility index (Phi) is 31.4. The third-order valence-corrected chi connectivity index (χ3v) is 13.4. The van der Waals surface area contributed by atoms with Gasteiger partial charge < -0.3 is 23.8 Å². The van der Waals surface area contributed by atoms with Crippen LogP contribution >= 0.6 is 0 Å². The number of carbonyl (C=O) groups excluding carboxylic acids is 2. The van der Waals surface area contributed by atoms with Gasteiger partial charge in [0, 0.05) is 25.9 Å². The lowest BCUT2D eigenvalue weighted by molar-refractivity contribution is -0.325. The van der Waals surface area contributed by atoms with E-state index in [1.807, 2.05) is 0 Å². The van der Waals surface area contributed by atoms with Gasteiger partial charge in [0.15, 0.2) is 5.79 Å². The fourth-order valence-corrected chi connectivity index (χ4v) is 8.94. The molecule has 0 bridgehead atoms. The molecule has 2 aliphatic rings. The molecule has 7 heteroatoms.